The molecule has 0 aliphatic carbocycles. The third kappa shape index (κ3) is 2.14. The predicted octanol–water partition coefficient (Wildman–Crippen LogP) is 0.952. The first-order valence-electron chi connectivity index (χ1n) is 3.15. The van der Waals surface area contributed by atoms with Crippen molar-refractivity contribution in [2.24, 2.45) is 5.10 Å². The van der Waals surface area contributed by atoms with Crippen molar-refractivity contribution >= 4 is 23.5 Å². The molecule has 1 atom stereocenters. The molecule has 1 rings (SSSR count). The third-order valence-electron chi connectivity index (χ3n) is 1.25. The molecule has 0 radical (unpaired) electrons. The number of anilines is 1. The van der Waals surface area contributed by atoms with Crippen molar-refractivity contribution in [3.05, 3.63) is 24.3 Å². The van der Waals surface area contributed by atoms with E-state index < -0.39 is 11.1 Å². The first-order chi connectivity index (χ1) is 5.74. The van der Waals surface area contributed by atoms with Crippen molar-refractivity contribution in [1.82, 2.24) is 0 Å². The number of hydrogen-bond donors (Lipinski definition) is 1. The maximum atomic E-state index is 10.4. The van der Waals surface area contributed by atoms with Gasteiger partial charge in [0.1, 0.15) is 0 Å². The van der Waals surface area contributed by atoms with E-state index in [1.165, 1.54) is 12.1 Å². The number of hydrogen-bond acceptors (Lipinski definition) is 4. The largest absolute Gasteiger partial charge is 0.768 e. The second-order valence-corrected chi connectivity index (χ2v) is 2.97. The van der Waals surface area contributed by atoms with Crippen molar-refractivity contribution in [3.63, 3.8) is 0 Å². The molecule has 0 aromatic heterocycles. The number of nitrogens with one attached hydrogen (secondary N) is 1. The average molecular weight is 183 g/mol. The molecular weight excluding hydrogens is 176 g/mol. The Balaban J connectivity index is 2.85. The zero-order valence-electron chi connectivity index (χ0n) is 6.19. The van der Waals surface area contributed by atoms with Gasteiger partial charge in [-0.2, -0.15) is 5.10 Å². The summed E-state index contributed by atoms with van der Waals surface area (Å²) in [6, 6.07) is 6.19. The molecule has 1 N–H and O–H groups in total. The van der Waals surface area contributed by atoms with Crippen LogP contribution in [0.25, 0.3) is 0 Å². The summed E-state index contributed by atoms with van der Waals surface area (Å²) in [5, 5.41) is 3.43. The van der Waals surface area contributed by atoms with E-state index in [4.69, 9.17) is 0 Å². The van der Waals surface area contributed by atoms with Gasteiger partial charge in [0, 0.05) is 11.6 Å². The molecule has 0 saturated carbocycles. The summed E-state index contributed by atoms with van der Waals surface area (Å²) in [5.41, 5.74) is 3.29. The van der Waals surface area contributed by atoms with Crippen molar-refractivity contribution in [3.8, 4) is 0 Å². The molecule has 0 heterocycles. The van der Waals surface area contributed by atoms with Gasteiger partial charge in [-0.05, 0) is 35.3 Å². The number of nitrogens with zero attached hydrogens (tertiary/aromatic N) is 1. The Labute approximate surface area is 72.6 Å². The van der Waals surface area contributed by atoms with Crippen LogP contribution < -0.4 is 5.43 Å². The van der Waals surface area contributed by atoms with E-state index >= 15 is 0 Å². The first-order valence-corrected chi connectivity index (χ1v) is 4.22. The summed E-state index contributed by atoms with van der Waals surface area (Å²) < 4.78 is 20.8. The highest BCUT2D eigenvalue weighted by molar-refractivity contribution is 7.79. The molecule has 0 amide bonds. The molecule has 4 nitrogen and oxygen atoms in total. The molecule has 0 spiro atoms. The molecule has 12 heavy (non-hydrogen) atoms. The molecular formula is C7H7N2O2S-. The van der Waals surface area contributed by atoms with Gasteiger partial charge in [0.05, 0.1) is 5.69 Å². The highest BCUT2D eigenvalue weighted by Gasteiger charge is 1.91. The lowest BCUT2D eigenvalue weighted by Crippen LogP contribution is -1.90. The molecule has 0 saturated heterocycles. The van der Waals surface area contributed by atoms with Gasteiger partial charge in [-0.3, -0.25) is 9.63 Å². The summed E-state index contributed by atoms with van der Waals surface area (Å²) in [4.78, 5) is 0.254. The second kappa shape index (κ2) is 3.99. The number of benzene rings is 1. The fourth-order valence-electron chi connectivity index (χ4n) is 0.732. The van der Waals surface area contributed by atoms with Gasteiger partial charge >= 0.3 is 0 Å². The maximum absolute atomic E-state index is 10.4. The van der Waals surface area contributed by atoms with Gasteiger partial charge in [-0.1, -0.05) is 0 Å². The summed E-state index contributed by atoms with van der Waals surface area (Å²) >= 11 is -2.17. The molecule has 0 aliphatic heterocycles. The molecule has 5 heteroatoms. The van der Waals surface area contributed by atoms with Gasteiger partial charge in [-0.25, -0.2) is 0 Å². The van der Waals surface area contributed by atoms with Gasteiger partial charge in [-0.15, -0.1) is 0 Å². The molecule has 0 fully saturated rings. The summed E-state index contributed by atoms with van der Waals surface area (Å²) in [6.07, 6.45) is 0. The minimum Gasteiger partial charge on any atom is -0.768 e. The summed E-state index contributed by atoms with van der Waals surface area (Å²) in [5.74, 6) is 0. The zero-order chi connectivity index (χ0) is 8.97. The quantitative estimate of drug-likeness (QED) is 0.431. The first kappa shape index (κ1) is 8.89. The Hall–Kier alpha value is -1.20. The van der Waals surface area contributed by atoms with Gasteiger partial charge < -0.3 is 4.55 Å². The normalized spacial score (nSPS) is 12.1. The van der Waals surface area contributed by atoms with Crippen molar-refractivity contribution in [2.45, 2.75) is 4.90 Å². The minimum atomic E-state index is -2.17. The van der Waals surface area contributed by atoms with Gasteiger partial charge in [0.2, 0.25) is 0 Å². The Morgan fingerprint density at radius 2 is 2.00 bits per heavy atom. The van der Waals surface area contributed by atoms with E-state index in [2.05, 4.69) is 17.2 Å². The molecule has 64 valence electrons. The Morgan fingerprint density at radius 1 is 1.42 bits per heavy atom. The second-order valence-electron chi connectivity index (χ2n) is 2.03. The average Bonchev–Trinajstić information content (AvgIpc) is 2.06. The van der Waals surface area contributed by atoms with Crippen LogP contribution in [0.5, 0.6) is 0 Å². The van der Waals surface area contributed by atoms with Gasteiger partial charge in [0.25, 0.3) is 0 Å². The SMILES string of the molecule is C=NNc1ccc(S(=O)[O-])cc1. The lowest BCUT2D eigenvalue weighted by Gasteiger charge is -2.05. The van der Waals surface area contributed by atoms with Crippen LogP contribution in [0.2, 0.25) is 0 Å². The zero-order valence-corrected chi connectivity index (χ0v) is 7.00. The molecule has 1 unspecified atom stereocenters. The summed E-state index contributed by atoms with van der Waals surface area (Å²) in [7, 11) is 0. The lowest BCUT2D eigenvalue weighted by atomic mass is 10.3. The summed E-state index contributed by atoms with van der Waals surface area (Å²) in [6.45, 7) is 3.23. The standard InChI is InChI=1S/C7H8N2O2S/c1-8-9-6-2-4-7(5-3-6)12(10)11/h2-5,9H,1H2,(H,10,11)/p-1. The Kier molecular flexibility index (Phi) is 2.95. The Morgan fingerprint density at radius 3 is 2.42 bits per heavy atom. The smallest absolute Gasteiger partial charge is 0.0562 e. The van der Waals surface area contributed by atoms with Crippen LogP contribution >= 0.6 is 0 Å². The molecule has 0 aliphatic rings. The van der Waals surface area contributed by atoms with Crippen LogP contribution in [0.15, 0.2) is 34.3 Å². The maximum Gasteiger partial charge on any atom is 0.0562 e. The highest BCUT2D eigenvalue weighted by atomic mass is 32.2. The van der Waals surface area contributed by atoms with Crippen LogP contribution in [0.4, 0.5) is 5.69 Å². The van der Waals surface area contributed by atoms with Crippen LogP contribution in [0, 0.1) is 0 Å². The molecule has 1 aromatic rings. The molecule has 1 aromatic carbocycles. The van der Waals surface area contributed by atoms with Crippen LogP contribution in [0.3, 0.4) is 0 Å². The number of hydrazone groups is 1. The van der Waals surface area contributed by atoms with Crippen molar-refractivity contribution in [1.29, 1.82) is 0 Å². The predicted molar refractivity (Wildman–Crippen MR) is 46.8 cm³/mol. The highest BCUT2D eigenvalue weighted by Crippen LogP contribution is 2.10. The van der Waals surface area contributed by atoms with E-state index in [0.29, 0.717) is 5.69 Å². The van der Waals surface area contributed by atoms with E-state index in [1.807, 2.05) is 0 Å². The number of rotatable bonds is 3. The van der Waals surface area contributed by atoms with E-state index in [9.17, 15) is 8.76 Å². The fourth-order valence-corrected chi connectivity index (χ4v) is 1.09. The van der Waals surface area contributed by atoms with Crippen LogP contribution in [0.1, 0.15) is 0 Å². The lowest BCUT2D eigenvalue weighted by molar-refractivity contribution is 0.537. The van der Waals surface area contributed by atoms with Crippen molar-refractivity contribution < 1.29 is 8.76 Å². The van der Waals surface area contributed by atoms with Crippen LogP contribution in [-0.4, -0.2) is 15.5 Å². The van der Waals surface area contributed by atoms with E-state index in [-0.39, 0.29) is 4.90 Å². The van der Waals surface area contributed by atoms with Crippen LogP contribution in [-0.2, 0) is 11.1 Å². The van der Waals surface area contributed by atoms with E-state index in [1.54, 1.807) is 12.1 Å². The topological polar surface area (TPSA) is 64.5 Å². The minimum absolute atomic E-state index is 0.254. The third-order valence-corrected chi connectivity index (χ3v) is 1.91. The van der Waals surface area contributed by atoms with E-state index in [0.717, 1.165) is 0 Å². The molecule has 0 bridgehead atoms. The fraction of sp³-hybridized carbons (Fsp3) is 0. The monoisotopic (exact) mass is 183 g/mol. The van der Waals surface area contributed by atoms with Gasteiger partial charge in [0.15, 0.2) is 0 Å². The Bertz CT molecular complexity index is 297. The van der Waals surface area contributed by atoms with Crippen molar-refractivity contribution in [2.75, 3.05) is 5.43 Å².